The van der Waals surface area contributed by atoms with Crippen molar-refractivity contribution in [2.24, 2.45) is 7.05 Å². The molecule has 0 aliphatic rings. The Morgan fingerprint density at radius 2 is 2.00 bits per heavy atom. The van der Waals surface area contributed by atoms with Crippen LogP contribution in [-0.2, 0) is 7.05 Å². The SMILES string of the molecule is Cn1nc(C(=O)O)cc1-c1c(Br)cc(F)c(O)c1O. The second-order valence-electron chi connectivity index (χ2n) is 3.76. The quantitative estimate of drug-likeness (QED) is 0.733. The van der Waals surface area contributed by atoms with Crippen molar-refractivity contribution < 1.29 is 24.5 Å². The number of rotatable bonds is 2. The van der Waals surface area contributed by atoms with Gasteiger partial charge in [-0.05, 0) is 28.1 Å². The summed E-state index contributed by atoms with van der Waals surface area (Å²) in [6.07, 6.45) is 0. The molecule has 0 unspecified atom stereocenters. The van der Waals surface area contributed by atoms with Gasteiger partial charge in [0, 0.05) is 11.5 Å². The second-order valence-corrected chi connectivity index (χ2v) is 4.61. The molecule has 3 N–H and O–H groups in total. The van der Waals surface area contributed by atoms with E-state index >= 15 is 0 Å². The number of carboxylic acid groups (broad SMARTS) is 1. The van der Waals surface area contributed by atoms with Crippen LogP contribution in [0.25, 0.3) is 11.3 Å². The van der Waals surface area contributed by atoms with Crippen LogP contribution in [-0.4, -0.2) is 31.1 Å². The highest BCUT2D eigenvalue weighted by molar-refractivity contribution is 9.10. The van der Waals surface area contributed by atoms with E-state index < -0.39 is 23.3 Å². The molecule has 0 atom stereocenters. The van der Waals surface area contributed by atoms with Crippen molar-refractivity contribution in [3.63, 3.8) is 0 Å². The van der Waals surface area contributed by atoms with E-state index in [1.54, 1.807) is 0 Å². The first-order chi connectivity index (χ1) is 8.82. The average molecular weight is 331 g/mol. The highest BCUT2D eigenvalue weighted by Crippen LogP contribution is 2.43. The Balaban J connectivity index is 2.72. The number of aromatic nitrogens is 2. The zero-order chi connectivity index (χ0) is 14.3. The molecule has 0 radical (unpaired) electrons. The lowest BCUT2D eigenvalue weighted by Crippen LogP contribution is -1.99. The molecule has 8 heteroatoms. The van der Waals surface area contributed by atoms with E-state index in [1.165, 1.54) is 17.8 Å². The molecule has 19 heavy (non-hydrogen) atoms. The summed E-state index contributed by atoms with van der Waals surface area (Å²) in [5.74, 6) is -3.82. The maximum atomic E-state index is 13.2. The number of halogens is 2. The third-order valence-electron chi connectivity index (χ3n) is 2.53. The first kappa shape index (κ1) is 13.3. The summed E-state index contributed by atoms with van der Waals surface area (Å²) < 4.78 is 14.6. The number of aromatic carboxylic acids is 1. The van der Waals surface area contributed by atoms with Gasteiger partial charge in [-0.15, -0.1) is 0 Å². The summed E-state index contributed by atoms with van der Waals surface area (Å²) in [6.45, 7) is 0. The molecular weight excluding hydrogens is 323 g/mol. The number of hydrogen-bond acceptors (Lipinski definition) is 4. The molecule has 6 nitrogen and oxygen atoms in total. The standard InChI is InChI=1S/C11H8BrFN2O4/c1-15-7(3-6(14-15)11(18)19)8-4(12)2-5(13)9(16)10(8)17/h2-3,16-17H,1H3,(H,18,19). The van der Waals surface area contributed by atoms with Crippen molar-refractivity contribution in [3.8, 4) is 22.8 Å². The van der Waals surface area contributed by atoms with Crippen molar-refractivity contribution in [1.29, 1.82) is 0 Å². The monoisotopic (exact) mass is 330 g/mol. The Hall–Kier alpha value is -2.09. The highest BCUT2D eigenvalue weighted by atomic mass is 79.9. The molecule has 0 bridgehead atoms. The Labute approximate surface area is 114 Å². The number of carboxylic acids is 1. The van der Waals surface area contributed by atoms with Gasteiger partial charge in [0.05, 0.1) is 11.3 Å². The molecule has 0 saturated carbocycles. The summed E-state index contributed by atoms with van der Waals surface area (Å²) in [5.41, 5.74) is 0.0473. The molecule has 0 spiro atoms. The lowest BCUT2D eigenvalue weighted by Gasteiger charge is -2.09. The Morgan fingerprint density at radius 3 is 2.53 bits per heavy atom. The first-order valence-electron chi connectivity index (χ1n) is 5.00. The van der Waals surface area contributed by atoms with Gasteiger partial charge in [0.15, 0.2) is 23.0 Å². The van der Waals surface area contributed by atoms with Crippen molar-refractivity contribution in [2.75, 3.05) is 0 Å². The van der Waals surface area contributed by atoms with Gasteiger partial charge in [-0.1, -0.05) is 0 Å². The van der Waals surface area contributed by atoms with E-state index in [1.807, 2.05) is 0 Å². The number of hydrogen-bond donors (Lipinski definition) is 3. The highest BCUT2D eigenvalue weighted by Gasteiger charge is 2.22. The number of benzene rings is 1. The third-order valence-corrected chi connectivity index (χ3v) is 3.16. The van der Waals surface area contributed by atoms with Crippen molar-refractivity contribution in [3.05, 3.63) is 28.1 Å². The van der Waals surface area contributed by atoms with E-state index in [0.29, 0.717) is 0 Å². The fourth-order valence-electron chi connectivity index (χ4n) is 1.65. The van der Waals surface area contributed by atoms with Crippen LogP contribution < -0.4 is 0 Å². The lowest BCUT2D eigenvalue weighted by molar-refractivity contribution is 0.0689. The fraction of sp³-hybridized carbons (Fsp3) is 0.0909. The predicted octanol–water partition coefficient (Wildman–Crippen LogP) is 2.10. The number of nitrogens with zero attached hydrogens (tertiary/aromatic N) is 2. The maximum Gasteiger partial charge on any atom is 0.356 e. The van der Waals surface area contributed by atoms with Gasteiger partial charge in [-0.2, -0.15) is 5.10 Å². The summed E-state index contributed by atoms with van der Waals surface area (Å²) in [4.78, 5) is 10.8. The molecule has 0 amide bonds. The first-order valence-corrected chi connectivity index (χ1v) is 5.80. The number of aryl methyl sites for hydroxylation is 1. The molecule has 100 valence electrons. The molecule has 2 rings (SSSR count). The second kappa shape index (κ2) is 4.54. The molecule has 0 aliphatic heterocycles. The Morgan fingerprint density at radius 1 is 1.37 bits per heavy atom. The zero-order valence-electron chi connectivity index (χ0n) is 9.55. The Bertz CT molecular complexity index is 684. The smallest absolute Gasteiger partial charge is 0.356 e. The van der Waals surface area contributed by atoms with Crippen LogP contribution in [0.4, 0.5) is 4.39 Å². The maximum absolute atomic E-state index is 13.2. The summed E-state index contributed by atoms with van der Waals surface area (Å²) in [7, 11) is 1.47. The summed E-state index contributed by atoms with van der Waals surface area (Å²) >= 11 is 3.05. The zero-order valence-corrected chi connectivity index (χ0v) is 11.1. The Kier molecular flexibility index (Phi) is 3.19. The molecule has 1 aromatic carbocycles. The minimum Gasteiger partial charge on any atom is -0.504 e. The van der Waals surface area contributed by atoms with Crippen LogP contribution in [0, 0.1) is 5.82 Å². The number of aromatic hydroxyl groups is 2. The van der Waals surface area contributed by atoms with Crippen molar-refractivity contribution >= 4 is 21.9 Å². The number of phenolic OH excluding ortho intramolecular Hbond substituents is 2. The topological polar surface area (TPSA) is 95.6 Å². The molecule has 0 saturated heterocycles. The van der Waals surface area contributed by atoms with Gasteiger partial charge in [0.2, 0.25) is 0 Å². The van der Waals surface area contributed by atoms with E-state index in [9.17, 15) is 19.4 Å². The van der Waals surface area contributed by atoms with E-state index in [-0.39, 0.29) is 21.4 Å². The van der Waals surface area contributed by atoms with Crippen molar-refractivity contribution in [1.82, 2.24) is 9.78 Å². The predicted molar refractivity (Wildman–Crippen MR) is 66.6 cm³/mol. The van der Waals surface area contributed by atoms with E-state index in [0.717, 1.165) is 6.07 Å². The van der Waals surface area contributed by atoms with Gasteiger partial charge < -0.3 is 15.3 Å². The molecule has 1 aromatic heterocycles. The van der Waals surface area contributed by atoms with Gasteiger partial charge in [0.1, 0.15) is 0 Å². The number of phenols is 2. The van der Waals surface area contributed by atoms with Crippen LogP contribution in [0.15, 0.2) is 16.6 Å². The van der Waals surface area contributed by atoms with Gasteiger partial charge >= 0.3 is 5.97 Å². The molecule has 0 fully saturated rings. The van der Waals surface area contributed by atoms with Gasteiger partial charge in [0.25, 0.3) is 0 Å². The largest absolute Gasteiger partial charge is 0.504 e. The van der Waals surface area contributed by atoms with Crippen LogP contribution in [0.5, 0.6) is 11.5 Å². The van der Waals surface area contributed by atoms with Gasteiger partial charge in [-0.25, -0.2) is 9.18 Å². The minimum atomic E-state index is -1.23. The minimum absolute atomic E-state index is 0.0569. The van der Waals surface area contributed by atoms with Crippen LogP contribution >= 0.6 is 15.9 Å². The summed E-state index contributed by atoms with van der Waals surface area (Å²) in [5, 5.41) is 31.7. The van der Waals surface area contributed by atoms with Crippen LogP contribution in [0.2, 0.25) is 0 Å². The summed E-state index contributed by atoms with van der Waals surface area (Å²) in [6, 6.07) is 2.18. The molecular formula is C11H8BrFN2O4. The van der Waals surface area contributed by atoms with Crippen LogP contribution in [0.3, 0.4) is 0 Å². The molecule has 1 heterocycles. The normalized spacial score (nSPS) is 10.7. The fourth-order valence-corrected chi connectivity index (χ4v) is 2.24. The molecule has 2 aromatic rings. The number of carbonyl (C=O) groups is 1. The van der Waals surface area contributed by atoms with E-state index in [4.69, 9.17) is 5.11 Å². The van der Waals surface area contributed by atoms with Crippen LogP contribution in [0.1, 0.15) is 10.5 Å². The van der Waals surface area contributed by atoms with E-state index in [2.05, 4.69) is 21.0 Å². The average Bonchev–Trinajstić information content (AvgIpc) is 2.69. The van der Waals surface area contributed by atoms with Crippen molar-refractivity contribution in [2.45, 2.75) is 0 Å². The van der Waals surface area contributed by atoms with Gasteiger partial charge in [-0.3, -0.25) is 4.68 Å². The lowest BCUT2D eigenvalue weighted by atomic mass is 10.1. The third kappa shape index (κ3) is 2.14. The molecule has 0 aliphatic carbocycles.